The lowest BCUT2D eigenvalue weighted by Gasteiger charge is -2.16. The lowest BCUT2D eigenvalue weighted by atomic mass is 9.94. The van der Waals surface area contributed by atoms with E-state index in [1.165, 1.54) is 0 Å². The SMILES string of the molecule is CC1C(COC(=O)c2ccccc2)OC(OC(=O)c2ccccc2)C1C. The standard InChI is InChI=1S/C21H22O5/c1-14-15(2)21(26-20(23)17-11-7-4-8-12-17)25-18(14)13-24-19(22)16-9-5-3-6-10-16/h3-12,14-15,18,21H,13H2,1-2H3. The van der Waals surface area contributed by atoms with Gasteiger partial charge in [-0.25, -0.2) is 9.59 Å². The molecule has 0 bridgehead atoms. The molecule has 136 valence electrons. The van der Waals surface area contributed by atoms with E-state index < -0.39 is 18.2 Å². The van der Waals surface area contributed by atoms with Crippen molar-refractivity contribution >= 4 is 11.9 Å². The molecule has 5 nitrogen and oxygen atoms in total. The summed E-state index contributed by atoms with van der Waals surface area (Å²) in [5.41, 5.74) is 0.980. The highest BCUT2D eigenvalue weighted by atomic mass is 16.7. The molecular formula is C21H22O5. The number of ether oxygens (including phenoxy) is 3. The third-order valence-electron chi connectivity index (χ3n) is 4.77. The molecule has 3 rings (SSSR count). The van der Waals surface area contributed by atoms with Crippen molar-refractivity contribution in [1.29, 1.82) is 0 Å². The van der Waals surface area contributed by atoms with Crippen LogP contribution in [0, 0.1) is 11.8 Å². The Morgan fingerprint density at radius 1 is 0.846 bits per heavy atom. The minimum absolute atomic E-state index is 0.00286. The van der Waals surface area contributed by atoms with Crippen LogP contribution in [0.4, 0.5) is 0 Å². The van der Waals surface area contributed by atoms with E-state index in [9.17, 15) is 9.59 Å². The topological polar surface area (TPSA) is 61.8 Å². The van der Waals surface area contributed by atoms with Gasteiger partial charge in [-0.1, -0.05) is 50.2 Å². The number of benzene rings is 2. The summed E-state index contributed by atoms with van der Waals surface area (Å²) in [5, 5.41) is 0. The number of rotatable bonds is 5. The maximum Gasteiger partial charge on any atom is 0.340 e. The van der Waals surface area contributed by atoms with Crippen LogP contribution in [0.1, 0.15) is 34.6 Å². The molecule has 5 heteroatoms. The maximum absolute atomic E-state index is 12.2. The Morgan fingerprint density at radius 2 is 1.38 bits per heavy atom. The largest absolute Gasteiger partial charge is 0.459 e. The van der Waals surface area contributed by atoms with Crippen molar-refractivity contribution in [3.05, 3.63) is 71.8 Å². The van der Waals surface area contributed by atoms with Gasteiger partial charge in [-0.05, 0) is 30.2 Å². The van der Waals surface area contributed by atoms with Gasteiger partial charge in [-0.3, -0.25) is 0 Å². The van der Waals surface area contributed by atoms with E-state index in [0.29, 0.717) is 11.1 Å². The molecule has 2 aromatic rings. The molecule has 4 atom stereocenters. The molecule has 0 spiro atoms. The molecule has 1 fully saturated rings. The zero-order valence-electron chi connectivity index (χ0n) is 14.8. The molecular weight excluding hydrogens is 332 g/mol. The van der Waals surface area contributed by atoms with Crippen LogP contribution in [0.2, 0.25) is 0 Å². The summed E-state index contributed by atoms with van der Waals surface area (Å²) in [4.78, 5) is 24.3. The van der Waals surface area contributed by atoms with Crippen molar-refractivity contribution in [2.24, 2.45) is 11.8 Å². The third-order valence-corrected chi connectivity index (χ3v) is 4.77. The van der Waals surface area contributed by atoms with Gasteiger partial charge < -0.3 is 14.2 Å². The van der Waals surface area contributed by atoms with Gasteiger partial charge in [0.2, 0.25) is 6.29 Å². The van der Waals surface area contributed by atoms with Crippen molar-refractivity contribution < 1.29 is 23.8 Å². The maximum atomic E-state index is 12.2. The van der Waals surface area contributed by atoms with Crippen LogP contribution in [0.3, 0.4) is 0 Å². The molecule has 0 amide bonds. The Kier molecular flexibility index (Phi) is 5.68. The first-order valence-corrected chi connectivity index (χ1v) is 8.70. The number of hydrogen-bond donors (Lipinski definition) is 0. The Bertz CT molecular complexity index is 744. The van der Waals surface area contributed by atoms with E-state index in [1.54, 1.807) is 48.5 Å². The van der Waals surface area contributed by atoms with Crippen LogP contribution in [0.25, 0.3) is 0 Å². The van der Waals surface area contributed by atoms with E-state index in [-0.39, 0.29) is 24.5 Å². The fourth-order valence-electron chi connectivity index (χ4n) is 2.90. The summed E-state index contributed by atoms with van der Waals surface area (Å²) in [6.07, 6.45) is -0.968. The summed E-state index contributed by atoms with van der Waals surface area (Å²) in [7, 11) is 0. The van der Waals surface area contributed by atoms with E-state index in [4.69, 9.17) is 14.2 Å². The summed E-state index contributed by atoms with van der Waals surface area (Å²) < 4.78 is 16.7. The fourth-order valence-corrected chi connectivity index (χ4v) is 2.90. The first kappa shape index (κ1) is 18.1. The highest BCUT2D eigenvalue weighted by Crippen LogP contribution is 2.33. The minimum atomic E-state index is -0.655. The Labute approximate surface area is 152 Å². The van der Waals surface area contributed by atoms with Crippen LogP contribution in [0.15, 0.2) is 60.7 Å². The van der Waals surface area contributed by atoms with E-state index in [0.717, 1.165) is 0 Å². The van der Waals surface area contributed by atoms with Gasteiger partial charge in [-0.15, -0.1) is 0 Å². The number of esters is 2. The monoisotopic (exact) mass is 354 g/mol. The second kappa shape index (κ2) is 8.15. The zero-order chi connectivity index (χ0) is 18.5. The number of carbonyl (C=O) groups is 2. The third kappa shape index (κ3) is 4.11. The molecule has 1 aliphatic rings. The molecule has 26 heavy (non-hydrogen) atoms. The molecule has 4 unspecified atom stereocenters. The van der Waals surface area contributed by atoms with Crippen LogP contribution in [-0.2, 0) is 14.2 Å². The van der Waals surface area contributed by atoms with Gasteiger partial charge in [0.15, 0.2) is 0 Å². The van der Waals surface area contributed by atoms with Crippen molar-refractivity contribution in [3.8, 4) is 0 Å². The van der Waals surface area contributed by atoms with E-state index >= 15 is 0 Å². The van der Waals surface area contributed by atoms with Gasteiger partial charge >= 0.3 is 11.9 Å². The highest BCUT2D eigenvalue weighted by Gasteiger charge is 2.42. The molecule has 2 aromatic carbocycles. The molecule has 0 aromatic heterocycles. The normalized spacial score (nSPS) is 24.8. The average molecular weight is 354 g/mol. The molecule has 1 aliphatic heterocycles. The smallest absolute Gasteiger partial charge is 0.340 e. The van der Waals surface area contributed by atoms with Crippen molar-refractivity contribution in [2.75, 3.05) is 6.61 Å². The van der Waals surface area contributed by atoms with Crippen LogP contribution in [0.5, 0.6) is 0 Å². The lowest BCUT2D eigenvalue weighted by molar-refractivity contribution is -0.124. The number of carbonyl (C=O) groups excluding carboxylic acids is 2. The predicted octanol–water partition coefficient (Wildman–Crippen LogP) is 3.70. The van der Waals surface area contributed by atoms with Crippen LogP contribution >= 0.6 is 0 Å². The van der Waals surface area contributed by atoms with Crippen LogP contribution < -0.4 is 0 Å². The zero-order valence-corrected chi connectivity index (χ0v) is 14.8. The summed E-state index contributed by atoms with van der Waals surface area (Å²) in [6, 6.07) is 17.6. The Balaban J connectivity index is 1.56. The first-order valence-electron chi connectivity index (χ1n) is 8.70. The fraction of sp³-hybridized carbons (Fsp3) is 0.333. The van der Waals surface area contributed by atoms with Gasteiger partial charge in [0, 0.05) is 5.92 Å². The molecule has 1 saturated heterocycles. The van der Waals surface area contributed by atoms with Gasteiger partial charge in [0.05, 0.1) is 17.2 Å². The second-order valence-corrected chi connectivity index (χ2v) is 6.50. The average Bonchev–Trinajstić information content (AvgIpc) is 2.95. The summed E-state index contributed by atoms with van der Waals surface area (Å²) in [5.74, 6) is -0.717. The van der Waals surface area contributed by atoms with Gasteiger partial charge in [-0.2, -0.15) is 0 Å². The first-order chi connectivity index (χ1) is 12.6. The van der Waals surface area contributed by atoms with E-state index in [2.05, 4.69) is 0 Å². The van der Waals surface area contributed by atoms with Crippen LogP contribution in [-0.4, -0.2) is 30.9 Å². The van der Waals surface area contributed by atoms with Gasteiger partial charge in [0.1, 0.15) is 6.61 Å². The van der Waals surface area contributed by atoms with E-state index in [1.807, 2.05) is 26.0 Å². The second-order valence-electron chi connectivity index (χ2n) is 6.50. The Morgan fingerprint density at radius 3 is 1.96 bits per heavy atom. The molecule has 1 heterocycles. The lowest BCUT2D eigenvalue weighted by Crippen LogP contribution is -2.24. The summed E-state index contributed by atoms with van der Waals surface area (Å²) in [6.45, 7) is 4.09. The predicted molar refractivity (Wildman–Crippen MR) is 95.6 cm³/mol. The van der Waals surface area contributed by atoms with Crippen molar-refractivity contribution in [1.82, 2.24) is 0 Å². The van der Waals surface area contributed by atoms with Crippen molar-refractivity contribution in [2.45, 2.75) is 26.2 Å². The Hall–Kier alpha value is -2.66. The summed E-state index contributed by atoms with van der Waals surface area (Å²) >= 11 is 0. The molecule has 0 N–H and O–H groups in total. The quantitative estimate of drug-likeness (QED) is 0.766. The molecule has 0 radical (unpaired) electrons. The molecule has 0 saturated carbocycles. The van der Waals surface area contributed by atoms with Crippen molar-refractivity contribution in [3.63, 3.8) is 0 Å². The molecule has 0 aliphatic carbocycles. The van der Waals surface area contributed by atoms with Gasteiger partial charge in [0.25, 0.3) is 0 Å². The highest BCUT2D eigenvalue weighted by molar-refractivity contribution is 5.89. The number of hydrogen-bond acceptors (Lipinski definition) is 5. The minimum Gasteiger partial charge on any atom is -0.459 e.